The predicted octanol–water partition coefficient (Wildman–Crippen LogP) is -0.706. The zero-order valence-corrected chi connectivity index (χ0v) is 9.67. The summed E-state index contributed by atoms with van der Waals surface area (Å²) in [6.45, 7) is 1.43. The summed E-state index contributed by atoms with van der Waals surface area (Å²) in [6, 6.07) is 0.468. The van der Waals surface area contributed by atoms with Crippen molar-refractivity contribution in [2.24, 2.45) is 7.05 Å². The van der Waals surface area contributed by atoms with E-state index in [1.165, 1.54) is 4.68 Å². The molecule has 1 atom stereocenters. The Morgan fingerprint density at radius 3 is 2.65 bits per heavy atom. The zero-order chi connectivity index (χ0) is 13.0. The molecule has 0 unspecified atom stereocenters. The van der Waals surface area contributed by atoms with Crippen molar-refractivity contribution in [3.05, 3.63) is 17.5 Å². The van der Waals surface area contributed by atoms with Crippen LogP contribution in [0.3, 0.4) is 0 Å². The van der Waals surface area contributed by atoms with E-state index in [1.807, 2.05) is 0 Å². The van der Waals surface area contributed by atoms with E-state index in [0.717, 1.165) is 0 Å². The van der Waals surface area contributed by atoms with Gasteiger partial charge in [0.1, 0.15) is 11.7 Å². The van der Waals surface area contributed by atoms with E-state index in [9.17, 15) is 9.59 Å². The van der Waals surface area contributed by atoms with Gasteiger partial charge in [0.15, 0.2) is 0 Å². The molecule has 1 amide bonds. The van der Waals surface area contributed by atoms with E-state index in [2.05, 4.69) is 10.4 Å². The number of carboxylic acids is 1. The summed E-state index contributed by atoms with van der Waals surface area (Å²) in [5.74, 6) is -1.69. The van der Waals surface area contributed by atoms with Crippen molar-refractivity contribution in [2.75, 3.05) is 6.61 Å². The third-order valence-electron chi connectivity index (χ3n) is 2.26. The number of aliphatic carboxylic acids is 1. The second kappa shape index (κ2) is 5.44. The number of aromatic nitrogens is 2. The molecule has 0 saturated heterocycles. The van der Waals surface area contributed by atoms with Crippen LogP contribution in [0.25, 0.3) is 0 Å². The number of rotatable bonds is 5. The minimum atomic E-state index is -1.17. The number of amides is 1. The van der Waals surface area contributed by atoms with Crippen LogP contribution in [0.2, 0.25) is 0 Å². The second-order valence-electron chi connectivity index (χ2n) is 3.67. The van der Waals surface area contributed by atoms with Crippen molar-refractivity contribution in [3.63, 3.8) is 0 Å². The van der Waals surface area contributed by atoms with Gasteiger partial charge in [0.25, 0.3) is 5.91 Å². The monoisotopic (exact) mass is 241 g/mol. The van der Waals surface area contributed by atoms with E-state index >= 15 is 0 Å². The molecule has 94 valence electrons. The minimum absolute atomic E-state index is 0.0299. The van der Waals surface area contributed by atoms with Crippen molar-refractivity contribution in [1.82, 2.24) is 15.1 Å². The average Bonchev–Trinajstić information content (AvgIpc) is 2.57. The van der Waals surface area contributed by atoms with E-state index in [0.29, 0.717) is 5.69 Å². The highest BCUT2D eigenvalue weighted by Gasteiger charge is 2.21. The van der Waals surface area contributed by atoms with Crippen LogP contribution < -0.4 is 5.32 Å². The fourth-order valence-electron chi connectivity index (χ4n) is 1.44. The number of nitrogens with one attached hydrogen (secondary N) is 1. The van der Waals surface area contributed by atoms with Crippen LogP contribution in [0, 0.1) is 6.92 Å². The Morgan fingerprint density at radius 1 is 1.59 bits per heavy atom. The molecule has 17 heavy (non-hydrogen) atoms. The molecule has 0 aliphatic heterocycles. The molecular weight excluding hydrogens is 226 g/mol. The fourth-order valence-corrected chi connectivity index (χ4v) is 1.44. The Kier molecular flexibility index (Phi) is 4.22. The lowest BCUT2D eigenvalue weighted by atomic mass is 10.2. The maximum Gasteiger partial charge on any atom is 0.326 e. The molecule has 0 saturated carbocycles. The molecule has 0 spiro atoms. The number of hydrogen-bond donors (Lipinski definition) is 3. The summed E-state index contributed by atoms with van der Waals surface area (Å²) >= 11 is 0. The Labute approximate surface area is 98.1 Å². The minimum Gasteiger partial charge on any atom is -0.480 e. The molecule has 1 heterocycles. The van der Waals surface area contributed by atoms with Crippen LogP contribution in [0.4, 0.5) is 0 Å². The molecule has 3 N–H and O–H groups in total. The number of aliphatic hydroxyl groups is 1. The lowest BCUT2D eigenvalue weighted by Crippen LogP contribution is -2.42. The molecule has 0 fully saturated rings. The number of hydrogen-bond acceptors (Lipinski definition) is 4. The zero-order valence-electron chi connectivity index (χ0n) is 9.67. The van der Waals surface area contributed by atoms with Gasteiger partial charge in [0.2, 0.25) is 0 Å². The lowest BCUT2D eigenvalue weighted by molar-refractivity contribution is -0.139. The molecule has 0 aliphatic carbocycles. The third kappa shape index (κ3) is 3.28. The third-order valence-corrected chi connectivity index (χ3v) is 2.26. The summed E-state index contributed by atoms with van der Waals surface area (Å²) in [5, 5.41) is 23.8. The first-order valence-electron chi connectivity index (χ1n) is 5.11. The van der Waals surface area contributed by atoms with Crippen LogP contribution in [0.1, 0.15) is 22.6 Å². The van der Waals surface area contributed by atoms with Gasteiger partial charge in [-0.15, -0.1) is 0 Å². The summed E-state index contributed by atoms with van der Waals surface area (Å²) in [4.78, 5) is 22.5. The van der Waals surface area contributed by atoms with Crippen LogP contribution in [-0.4, -0.2) is 44.5 Å². The molecule has 1 aromatic heterocycles. The summed E-state index contributed by atoms with van der Waals surface area (Å²) in [5.41, 5.74) is 0.957. The standard InChI is InChI=1S/C10H15N3O4/c1-6-5-8(13(2)12-6)9(15)11-7(3-4-14)10(16)17/h5,7,14H,3-4H2,1-2H3,(H,11,15)(H,16,17)/t7-/m1/s1. The normalized spacial score (nSPS) is 12.2. The van der Waals surface area contributed by atoms with Gasteiger partial charge in [-0.3, -0.25) is 9.48 Å². The molecule has 0 bridgehead atoms. The molecule has 7 nitrogen and oxygen atoms in total. The second-order valence-corrected chi connectivity index (χ2v) is 3.67. The van der Waals surface area contributed by atoms with Gasteiger partial charge in [-0.1, -0.05) is 0 Å². The molecular formula is C10H15N3O4. The molecule has 1 rings (SSSR count). The van der Waals surface area contributed by atoms with E-state index in [1.54, 1.807) is 20.0 Å². The first-order chi connectivity index (χ1) is 7.95. The summed E-state index contributed by atoms with van der Waals surface area (Å²) < 4.78 is 1.38. The number of nitrogens with zero attached hydrogens (tertiary/aromatic N) is 2. The largest absolute Gasteiger partial charge is 0.480 e. The summed E-state index contributed by atoms with van der Waals surface area (Å²) in [6.07, 6.45) is -0.0299. The Balaban J connectivity index is 2.77. The van der Waals surface area contributed by atoms with Gasteiger partial charge >= 0.3 is 5.97 Å². The van der Waals surface area contributed by atoms with E-state index in [-0.39, 0.29) is 18.7 Å². The van der Waals surface area contributed by atoms with Crippen LogP contribution in [-0.2, 0) is 11.8 Å². The van der Waals surface area contributed by atoms with Crippen LogP contribution in [0.15, 0.2) is 6.07 Å². The number of carbonyl (C=O) groups is 2. The SMILES string of the molecule is Cc1cc(C(=O)N[C@H](CCO)C(=O)O)n(C)n1. The molecule has 0 radical (unpaired) electrons. The number of aliphatic hydroxyl groups excluding tert-OH is 1. The van der Waals surface area contributed by atoms with Crippen molar-refractivity contribution in [1.29, 1.82) is 0 Å². The van der Waals surface area contributed by atoms with Gasteiger partial charge < -0.3 is 15.5 Å². The highest BCUT2D eigenvalue weighted by atomic mass is 16.4. The number of aryl methyl sites for hydroxylation is 2. The Morgan fingerprint density at radius 2 is 2.24 bits per heavy atom. The van der Waals surface area contributed by atoms with Crippen LogP contribution in [0.5, 0.6) is 0 Å². The molecule has 0 aromatic carbocycles. The summed E-state index contributed by atoms with van der Waals surface area (Å²) in [7, 11) is 1.60. The maximum absolute atomic E-state index is 11.8. The highest BCUT2D eigenvalue weighted by molar-refractivity contribution is 5.95. The van der Waals surface area contributed by atoms with Gasteiger partial charge in [-0.05, 0) is 13.0 Å². The first kappa shape index (κ1) is 13.2. The van der Waals surface area contributed by atoms with Crippen molar-refractivity contribution >= 4 is 11.9 Å². The van der Waals surface area contributed by atoms with E-state index in [4.69, 9.17) is 10.2 Å². The lowest BCUT2D eigenvalue weighted by Gasteiger charge is -2.12. The molecule has 1 aromatic rings. The smallest absolute Gasteiger partial charge is 0.326 e. The topological polar surface area (TPSA) is 104 Å². The number of carboxylic acid groups (broad SMARTS) is 1. The van der Waals surface area contributed by atoms with Crippen molar-refractivity contribution in [2.45, 2.75) is 19.4 Å². The van der Waals surface area contributed by atoms with Crippen LogP contribution >= 0.6 is 0 Å². The maximum atomic E-state index is 11.8. The number of carbonyl (C=O) groups excluding carboxylic acids is 1. The predicted molar refractivity (Wildman–Crippen MR) is 58.5 cm³/mol. The van der Waals surface area contributed by atoms with Gasteiger partial charge in [-0.25, -0.2) is 4.79 Å². The average molecular weight is 241 g/mol. The fraction of sp³-hybridized carbons (Fsp3) is 0.500. The van der Waals surface area contributed by atoms with E-state index < -0.39 is 17.9 Å². The van der Waals surface area contributed by atoms with Gasteiger partial charge in [0.05, 0.1) is 5.69 Å². The molecule has 0 aliphatic rings. The first-order valence-corrected chi connectivity index (χ1v) is 5.11. The quantitative estimate of drug-likeness (QED) is 0.632. The Bertz CT molecular complexity index is 427. The molecule has 7 heteroatoms. The highest BCUT2D eigenvalue weighted by Crippen LogP contribution is 2.03. The Hall–Kier alpha value is -1.89. The van der Waals surface area contributed by atoms with Gasteiger partial charge in [0, 0.05) is 20.1 Å². The van der Waals surface area contributed by atoms with Crippen molar-refractivity contribution < 1.29 is 19.8 Å². The van der Waals surface area contributed by atoms with Gasteiger partial charge in [-0.2, -0.15) is 5.10 Å². The van der Waals surface area contributed by atoms with Crippen molar-refractivity contribution in [3.8, 4) is 0 Å².